The van der Waals surface area contributed by atoms with E-state index in [2.05, 4.69) is 50.4 Å². The second-order valence-electron chi connectivity index (χ2n) is 8.21. The summed E-state index contributed by atoms with van der Waals surface area (Å²) >= 11 is 0. The van der Waals surface area contributed by atoms with E-state index < -0.39 is 0 Å². The Balaban J connectivity index is 1.45. The highest BCUT2D eigenvalue weighted by Gasteiger charge is 2.22. The van der Waals surface area contributed by atoms with Crippen LogP contribution in [0.15, 0.2) is 42.6 Å². The molecule has 1 atom stereocenters. The van der Waals surface area contributed by atoms with Crippen molar-refractivity contribution >= 4 is 11.8 Å². The van der Waals surface area contributed by atoms with Crippen molar-refractivity contribution in [2.24, 2.45) is 0 Å². The van der Waals surface area contributed by atoms with Crippen LogP contribution in [0, 0.1) is 0 Å². The van der Waals surface area contributed by atoms with E-state index in [0.717, 1.165) is 51.4 Å². The van der Waals surface area contributed by atoms with Crippen LogP contribution in [-0.4, -0.2) is 58.8 Å². The average Bonchev–Trinajstić information content (AvgIpc) is 3.05. The first-order valence-corrected chi connectivity index (χ1v) is 11.1. The molecule has 156 valence electrons. The number of piperidine rings is 1. The number of rotatable bonds is 6. The normalized spacial score (nSPS) is 20.2. The molecule has 0 amide bonds. The third kappa shape index (κ3) is 5.46. The molecule has 2 N–H and O–H groups in total. The Morgan fingerprint density at radius 1 is 0.966 bits per heavy atom. The number of aromatic nitrogens is 2. The van der Waals surface area contributed by atoms with Gasteiger partial charge in [0.2, 0.25) is 5.95 Å². The first-order chi connectivity index (χ1) is 14.3. The Bertz CT molecular complexity index is 740. The Hall–Kier alpha value is -2.18. The number of likely N-dealkylation sites (tertiary alicyclic amines) is 1. The lowest BCUT2D eigenvalue weighted by Crippen LogP contribution is -2.36. The molecule has 0 bridgehead atoms. The van der Waals surface area contributed by atoms with Gasteiger partial charge < -0.3 is 15.3 Å². The van der Waals surface area contributed by atoms with E-state index in [1.807, 2.05) is 12.3 Å². The summed E-state index contributed by atoms with van der Waals surface area (Å²) in [5, 5.41) is 13.3. The monoisotopic (exact) mass is 395 g/mol. The van der Waals surface area contributed by atoms with E-state index in [1.54, 1.807) is 0 Å². The van der Waals surface area contributed by atoms with Crippen molar-refractivity contribution in [2.45, 2.75) is 50.7 Å². The maximum Gasteiger partial charge on any atom is 0.224 e. The molecular formula is C23H33N5O. The van der Waals surface area contributed by atoms with E-state index in [9.17, 15) is 5.11 Å². The first-order valence-electron chi connectivity index (χ1n) is 11.1. The molecule has 2 aromatic rings. The van der Waals surface area contributed by atoms with Gasteiger partial charge in [-0.25, -0.2) is 4.98 Å². The lowest BCUT2D eigenvalue weighted by Gasteiger charge is -2.32. The zero-order valence-electron chi connectivity index (χ0n) is 17.2. The number of anilines is 2. The first kappa shape index (κ1) is 20.1. The van der Waals surface area contributed by atoms with Crippen molar-refractivity contribution in [1.82, 2.24) is 14.9 Å². The van der Waals surface area contributed by atoms with Gasteiger partial charge in [0.05, 0.1) is 12.1 Å². The Morgan fingerprint density at radius 3 is 2.41 bits per heavy atom. The molecule has 3 heterocycles. The molecule has 4 rings (SSSR count). The quantitative estimate of drug-likeness (QED) is 0.781. The minimum Gasteiger partial charge on any atom is -0.393 e. The summed E-state index contributed by atoms with van der Waals surface area (Å²) in [6, 6.07) is 13.1. The molecule has 0 radical (unpaired) electrons. The summed E-state index contributed by atoms with van der Waals surface area (Å²) in [7, 11) is 0. The third-order valence-electron chi connectivity index (χ3n) is 6.15. The van der Waals surface area contributed by atoms with Gasteiger partial charge >= 0.3 is 0 Å². The van der Waals surface area contributed by atoms with Gasteiger partial charge in [-0.2, -0.15) is 4.98 Å². The average molecular weight is 396 g/mol. The largest absolute Gasteiger partial charge is 0.393 e. The maximum atomic E-state index is 9.75. The number of nitrogens with one attached hydrogen (secondary N) is 1. The Morgan fingerprint density at radius 2 is 1.69 bits per heavy atom. The van der Waals surface area contributed by atoms with Gasteiger partial charge in [0.1, 0.15) is 5.82 Å². The van der Waals surface area contributed by atoms with Crippen molar-refractivity contribution in [3.05, 3.63) is 48.2 Å². The SMILES string of the molecule is OC1CCN(c2ccnc(NCC(c3ccccc3)N3CCCCCC3)n2)CC1. The summed E-state index contributed by atoms with van der Waals surface area (Å²) in [5.74, 6) is 1.63. The summed E-state index contributed by atoms with van der Waals surface area (Å²) in [5.41, 5.74) is 1.35. The van der Waals surface area contributed by atoms with E-state index in [1.165, 1.54) is 31.2 Å². The molecule has 1 unspecified atom stereocenters. The van der Waals surface area contributed by atoms with Gasteiger partial charge in [0, 0.05) is 25.8 Å². The van der Waals surface area contributed by atoms with Crippen molar-refractivity contribution in [1.29, 1.82) is 0 Å². The van der Waals surface area contributed by atoms with E-state index >= 15 is 0 Å². The summed E-state index contributed by atoms with van der Waals surface area (Å²) in [4.78, 5) is 14.1. The lowest BCUT2D eigenvalue weighted by molar-refractivity contribution is 0.145. The molecule has 2 aliphatic heterocycles. The number of nitrogens with zero attached hydrogens (tertiary/aromatic N) is 4. The molecule has 6 nitrogen and oxygen atoms in total. The second-order valence-corrected chi connectivity index (χ2v) is 8.21. The van der Waals surface area contributed by atoms with Crippen LogP contribution in [0.5, 0.6) is 0 Å². The Labute approximate surface area is 174 Å². The fourth-order valence-corrected chi connectivity index (χ4v) is 4.43. The molecule has 0 spiro atoms. The van der Waals surface area contributed by atoms with Crippen molar-refractivity contribution in [3.63, 3.8) is 0 Å². The number of aliphatic hydroxyl groups excluding tert-OH is 1. The zero-order chi connectivity index (χ0) is 19.9. The third-order valence-corrected chi connectivity index (χ3v) is 6.15. The molecule has 6 heteroatoms. The van der Waals surface area contributed by atoms with Gasteiger partial charge in [-0.3, -0.25) is 4.90 Å². The number of aliphatic hydroxyl groups is 1. The number of benzene rings is 1. The van der Waals surface area contributed by atoms with Gasteiger partial charge in [0.15, 0.2) is 0 Å². The van der Waals surface area contributed by atoms with Crippen LogP contribution in [-0.2, 0) is 0 Å². The molecule has 2 aliphatic rings. The molecule has 0 saturated carbocycles. The second kappa shape index (κ2) is 10.0. The highest BCUT2D eigenvalue weighted by Crippen LogP contribution is 2.25. The van der Waals surface area contributed by atoms with Crippen LogP contribution in [0.4, 0.5) is 11.8 Å². The number of hydrogen-bond donors (Lipinski definition) is 2. The molecule has 1 aromatic heterocycles. The highest BCUT2D eigenvalue weighted by atomic mass is 16.3. The van der Waals surface area contributed by atoms with E-state index in [0.29, 0.717) is 12.0 Å². The minimum atomic E-state index is -0.175. The molecule has 29 heavy (non-hydrogen) atoms. The van der Waals surface area contributed by atoms with Crippen molar-refractivity contribution in [3.8, 4) is 0 Å². The molecule has 2 saturated heterocycles. The van der Waals surface area contributed by atoms with Crippen LogP contribution < -0.4 is 10.2 Å². The Kier molecular flexibility index (Phi) is 6.96. The fourth-order valence-electron chi connectivity index (χ4n) is 4.43. The van der Waals surface area contributed by atoms with Crippen LogP contribution in [0.3, 0.4) is 0 Å². The predicted octanol–water partition coefficient (Wildman–Crippen LogP) is 3.47. The molecule has 2 fully saturated rings. The molecular weight excluding hydrogens is 362 g/mol. The van der Waals surface area contributed by atoms with Crippen LogP contribution in [0.2, 0.25) is 0 Å². The van der Waals surface area contributed by atoms with Crippen LogP contribution >= 0.6 is 0 Å². The summed E-state index contributed by atoms with van der Waals surface area (Å²) in [6.45, 7) is 4.79. The van der Waals surface area contributed by atoms with Crippen LogP contribution in [0.25, 0.3) is 0 Å². The van der Waals surface area contributed by atoms with Gasteiger partial charge in [-0.1, -0.05) is 43.2 Å². The van der Waals surface area contributed by atoms with Crippen molar-refractivity contribution < 1.29 is 5.11 Å². The van der Waals surface area contributed by atoms with Crippen molar-refractivity contribution in [2.75, 3.05) is 42.9 Å². The topological polar surface area (TPSA) is 64.5 Å². The molecule has 1 aromatic carbocycles. The number of hydrogen-bond acceptors (Lipinski definition) is 6. The van der Waals surface area contributed by atoms with Gasteiger partial charge in [-0.05, 0) is 50.4 Å². The zero-order valence-corrected chi connectivity index (χ0v) is 17.2. The summed E-state index contributed by atoms with van der Waals surface area (Å²) in [6.07, 6.45) is 8.48. The summed E-state index contributed by atoms with van der Waals surface area (Å²) < 4.78 is 0. The fraction of sp³-hybridized carbons (Fsp3) is 0.565. The van der Waals surface area contributed by atoms with Crippen LogP contribution in [0.1, 0.15) is 50.1 Å². The molecule has 0 aliphatic carbocycles. The minimum absolute atomic E-state index is 0.175. The standard InChI is InChI=1S/C23H33N5O/c29-20-11-16-28(17-12-20)22-10-13-24-23(26-22)25-18-21(19-8-4-3-5-9-19)27-14-6-1-2-7-15-27/h3-5,8-10,13,20-21,29H,1-2,6-7,11-12,14-18H2,(H,24,25,26). The van der Waals surface area contributed by atoms with Gasteiger partial charge in [-0.15, -0.1) is 0 Å². The van der Waals surface area contributed by atoms with E-state index in [-0.39, 0.29) is 6.10 Å². The smallest absolute Gasteiger partial charge is 0.224 e. The highest BCUT2D eigenvalue weighted by molar-refractivity contribution is 5.43. The predicted molar refractivity (Wildman–Crippen MR) is 117 cm³/mol. The maximum absolute atomic E-state index is 9.75. The van der Waals surface area contributed by atoms with E-state index in [4.69, 9.17) is 4.98 Å². The lowest BCUT2D eigenvalue weighted by atomic mass is 10.0. The van der Waals surface area contributed by atoms with Gasteiger partial charge in [0.25, 0.3) is 0 Å².